The Labute approximate surface area is 197 Å². The molecule has 1 aromatic carbocycles. The maximum atomic E-state index is 13.0. The first kappa shape index (κ1) is 24.7. The van der Waals surface area contributed by atoms with Crippen molar-refractivity contribution in [1.82, 2.24) is 9.62 Å². The van der Waals surface area contributed by atoms with Gasteiger partial charge in [-0.25, -0.2) is 13.1 Å². The van der Waals surface area contributed by atoms with Crippen LogP contribution in [0.1, 0.15) is 33.5 Å². The molecule has 0 atom stereocenters. The second kappa shape index (κ2) is 9.49. The molecule has 2 aromatic rings. The van der Waals surface area contributed by atoms with Gasteiger partial charge in [-0.05, 0) is 60.9 Å². The number of sulfonamides is 1. The molecule has 9 nitrogen and oxygen atoms in total. The Morgan fingerprint density at radius 1 is 1.15 bits per heavy atom. The summed E-state index contributed by atoms with van der Waals surface area (Å²) in [6.45, 7) is 6.57. The third kappa shape index (κ3) is 5.00. The van der Waals surface area contributed by atoms with Gasteiger partial charge in [0.05, 0.1) is 4.90 Å². The molecule has 0 spiro atoms. The van der Waals surface area contributed by atoms with Gasteiger partial charge in [-0.15, -0.1) is 0 Å². The highest BCUT2D eigenvalue weighted by molar-refractivity contribution is 7.90. The van der Waals surface area contributed by atoms with Crippen LogP contribution in [0.3, 0.4) is 0 Å². The zero-order valence-corrected chi connectivity index (χ0v) is 19.9. The van der Waals surface area contributed by atoms with Gasteiger partial charge in [-0.1, -0.05) is 13.8 Å². The lowest BCUT2D eigenvalue weighted by Crippen LogP contribution is -2.44. The molecule has 3 amide bonds. The molecule has 1 aliphatic rings. The molecule has 176 valence electrons. The number of nitrogens with one attached hydrogen (secondary N) is 1. The normalized spacial score (nSPS) is 15.8. The number of amides is 3. The average molecular weight is 482 g/mol. The van der Waals surface area contributed by atoms with Gasteiger partial charge in [-0.2, -0.15) is 5.26 Å². The highest BCUT2D eigenvalue weighted by Crippen LogP contribution is 2.30. The largest absolute Gasteiger partial charge is 0.457 e. The number of carbonyl (C=O) groups excluding carboxylic acids is 3. The number of benzene rings is 1. The highest BCUT2D eigenvalue weighted by Gasteiger charge is 2.35. The number of nitriles is 1. The third-order valence-corrected chi connectivity index (χ3v) is 6.46. The number of hydrogen-bond acceptors (Lipinski definition) is 7. The van der Waals surface area contributed by atoms with Gasteiger partial charge in [-0.3, -0.25) is 19.3 Å². The van der Waals surface area contributed by atoms with Crippen LogP contribution in [0.5, 0.6) is 0 Å². The molecule has 3 rings (SSSR count). The van der Waals surface area contributed by atoms with Gasteiger partial charge >= 0.3 is 0 Å². The summed E-state index contributed by atoms with van der Waals surface area (Å²) in [5.74, 6) is -1.03. The van der Waals surface area contributed by atoms with Crippen molar-refractivity contribution in [3.05, 3.63) is 58.9 Å². The summed E-state index contributed by atoms with van der Waals surface area (Å²) in [7, 11) is -3.95. The molecule has 10 heteroatoms. The lowest BCUT2D eigenvalue weighted by atomic mass is 9.94. The van der Waals surface area contributed by atoms with Gasteiger partial charge < -0.3 is 4.42 Å². The van der Waals surface area contributed by atoms with Crippen LogP contribution >= 0.6 is 0 Å². The quantitative estimate of drug-likeness (QED) is 0.494. The van der Waals surface area contributed by atoms with Crippen molar-refractivity contribution in [2.24, 2.45) is 5.92 Å². The van der Waals surface area contributed by atoms with E-state index in [9.17, 15) is 28.1 Å². The molecule has 0 unspecified atom stereocenters. The van der Waals surface area contributed by atoms with E-state index in [4.69, 9.17) is 4.42 Å². The summed E-state index contributed by atoms with van der Waals surface area (Å²) in [6, 6.07) is 10.9. The molecule has 0 saturated heterocycles. The van der Waals surface area contributed by atoms with E-state index in [-0.39, 0.29) is 34.1 Å². The Morgan fingerprint density at radius 3 is 2.35 bits per heavy atom. The number of hydrogen-bond donors (Lipinski definition) is 1. The second-order valence-corrected chi connectivity index (χ2v) is 9.86. The van der Waals surface area contributed by atoms with Crippen molar-refractivity contribution in [3.63, 3.8) is 0 Å². The molecule has 1 N–H and O–H groups in total. The summed E-state index contributed by atoms with van der Waals surface area (Å²) in [6.07, 6.45) is 1.48. The van der Waals surface area contributed by atoms with Crippen molar-refractivity contribution >= 4 is 33.8 Å². The van der Waals surface area contributed by atoms with Crippen molar-refractivity contribution < 1.29 is 27.2 Å². The third-order valence-electron chi connectivity index (χ3n) is 5.01. The minimum Gasteiger partial charge on any atom is -0.457 e. The topological polar surface area (TPSA) is 138 Å². The predicted octanol–water partition coefficient (Wildman–Crippen LogP) is 3.02. The number of rotatable bonds is 6. The maximum Gasteiger partial charge on any atom is 0.271 e. The molecule has 0 saturated carbocycles. The maximum absolute atomic E-state index is 13.0. The number of furan rings is 1. The molecule has 34 heavy (non-hydrogen) atoms. The predicted molar refractivity (Wildman–Crippen MR) is 123 cm³/mol. The van der Waals surface area contributed by atoms with Gasteiger partial charge in [0.25, 0.3) is 21.8 Å². The van der Waals surface area contributed by atoms with Crippen molar-refractivity contribution in [2.45, 2.75) is 32.6 Å². The monoisotopic (exact) mass is 481 g/mol. The first-order chi connectivity index (χ1) is 15.9. The van der Waals surface area contributed by atoms with Crippen LogP contribution in [0, 0.1) is 17.2 Å². The highest BCUT2D eigenvalue weighted by atomic mass is 32.2. The van der Waals surface area contributed by atoms with Crippen LogP contribution in [-0.2, 0) is 24.4 Å². The Bertz CT molecular complexity index is 1370. The summed E-state index contributed by atoms with van der Waals surface area (Å²) >= 11 is 0. The Kier molecular flexibility index (Phi) is 6.88. The van der Waals surface area contributed by atoms with Crippen molar-refractivity contribution in [3.8, 4) is 17.4 Å². The summed E-state index contributed by atoms with van der Waals surface area (Å²) in [5, 5.41) is 9.45. The SMILES string of the molecule is CC(=O)NS(=O)(=O)c1ccc(-c2ccc(/C=C3/C(=O)N(CC(C)C)C(=O)C(C#N)=C3C)o2)cc1. The van der Waals surface area contributed by atoms with E-state index < -0.39 is 27.7 Å². The summed E-state index contributed by atoms with van der Waals surface area (Å²) in [5.41, 5.74) is 0.953. The van der Waals surface area contributed by atoms with E-state index in [1.165, 1.54) is 30.3 Å². The molecular weight excluding hydrogens is 458 g/mol. The number of imide groups is 1. The van der Waals surface area contributed by atoms with Crippen LogP contribution < -0.4 is 4.72 Å². The van der Waals surface area contributed by atoms with Crippen molar-refractivity contribution in [2.75, 3.05) is 6.54 Å². The Morgan fingerprint density at radius 2 is 1.79 bits per heavy atom. The Balaban J connectivity index is 1.94. The zero-order valence-electron chi connectivity index (χ0n) is 19.1. The van der Waals surface area contributed by atoms with E-state index in [1.807, 2.05) is 24.6 Å². The number of nitrogens with zero attached hydrogens (tertiary/aromatic N) is 2. The molecule has 1 aliphatic heterocycles. The molecule has 0 aliphatic carbocycles. The van der Waals surface area contributed by atoms with E-state index in [0.29, 0.717) is 17.1 Å². The van der Waals surface area contributed by atoms with Crippen LogP contribution in [0.15, 0.2) is 62.4 Å². The first-order valence-electron chi connectivity index (χ1n) is 10.4. The zero-order chi connectivity index (χ0) is 25.2. The first-order valence-corrected chi connectivity index (χ1v) is 11.9. The average Bonchev–Trinajstić information content (AvgIpc) is 3.22. The molecule has 2 heterocycles. The smallest absolute Gasteiger partial charge is 0.271 e. The number of carbonyl (C=O) groups is 3. The molecule has 0 fully saturated rings. The van der Waals surface area contributed by atoms with E-state index >= 15 is 0 Å². The van der Waals surface area contributed by atoms with Crippen molar-refractivity contribution in [1.29, 1.82) is 5.26 Å². The van der Waals surface area contributed by atoms with Gasteiger partial charge in [0, 0.05) is 24.6 Å². The molecule has 0 radical (unpaired) electrons. The van der Waals surface area contributed by atoms with Gasteiger partial charge in [0.1, 0.15) is 23.2 Å². The summed E-state index contributed by atoms with van der Waals surface area (Å²) < 4.78 is 31.9. The van der Waals surface area contributed by atoms with Crippen LogP contribution in [0.4, 0.5) is 0 Å². The molecular formula is C24H23N3O6S. The van der Waals surface area contributed by atoms with Crippen LogP contribution in [0.25, 0.3) is 17.4 Å². The van der Waals surface area contributed by atoms with E-state index in [2.05, 4.69) is 0 Å². The van der Waals surface area contributed by atoms with Gasteiger partial charge in [0.2, 0.25) is 5.91 Å². The fourth-order valence-corrected chi connectivity index (χ4v) is 4.43. The van der Waals surface area contributed by atoms with Crippen LogP contribution in [-0.4, -0.2) is 37.6 Å². The standard InChI is InChI=1S/C24H23N3O6S/c1-14(2)13-27-23(29)20(15(3)21(12-25)24(27)30)11-18-7-10-22(33-18)17-5-8-19(9-6-17)34(31,32)26-16(4)28/h5-11,14H,13H2,1-4H3,(H,26,28)/b20-11+. The lowest BCUT2D eigenvalue weighted by Gasteiger charge is -2.28. The fraction of sp³-hybridized carbons (Fsp3) is 0.250. The minimum atomic E-state index is -3.95. The Hall–Kier alpha value is -3.97. The van der Waals surface area contributed by atoms with Gasteiger partial charge in [0.15, 0.2) is 0 Å². The summed E-state index contributed by atoms with van der Waals surface area (Å²) in [4.78, 5) is 37.6. The second-order valence-electron chi connectivity index (χ2n) is 8.17. The van der Waals surface area contributed by atoms with Crippen LogP contribution in [0.2, 0.25) is 0 Å². The fourth-order valence-electron chi connectivity index (χ4n) is 3.44. The van der Waals surface area contributed by atoms with E-state index in [0.717, 1.165) is 11.8 Å². The minimum absolute atomic E-state index is 0.0279. The lowest BCUT2D eigenvalue weighted by molar-refractivity contribution is -0.141. The molecule has 0 bridgehead atoms. The van der Waals surface area contributed by atoms with E-state index in [1.54, 1.807) is 19.1 Å². The molecule has 1 aromatic heterocycles.